The van der Waals surface area contributed by atoms with Crippen LogP contribution in [0.2, 0.25) is 0 Å². The van der Waals surface area contributed by atoms with Crippen molar-refractivity contribution in [1.82, 2.24) is 19.5 Å². The first-order chi connectivity index (χ1) is 29.6. The van der Waals surface area contributed by atoms with Gasteiger partial charge in [-0.15, -0.1) is 11.3 Å². The average Bonchev–Trinajstić information content (AvgIpc) is 3.86. The topological polar surface area (TPSA) is 43.6 Å². The minimum Gasteiger partial charge on any atom is -0.307 e. The van der Waals surface area contributed by atoms with Gasteiger partial charge >= 0.3 is 0 Å². The maximum absolute atomic E-state index is 5.04. The molecule has 0 unspecified atom stereocenters. The lowest BCUT2D eigenvalue weighted by molar-refractivity contribution is 1.00. The van der Waals surface area contributed by atoms with Gasteiger partial charge in [-0.05, 0) is 77.5 Å². The third-order valence-corrected chi connectivity index (χ3v) is 12.4. The number of hydrogen-bond acceptors (Lipinski definition) is 4. The van der Waals surface area contributed by atoms with E-state index in [9.17, 15) is 0 Å². The first-order valence-electron chi connectivity index (χ1n) is 20.2. The summed E-state index contributed by atoms with van der Waals surface area (Å²) in [6, 6.07) is 48.6. The van der Waals surface area contributed by atoms with Crippen LogP contribution < -0.4 is 0 Å². The molecule has 0 fully saturated rings. The van der Waals surface area contributed by atoms with Gasteiger partial charge in [0, 0.05) is 54.0 Å². The zero-order chi connectivity index (χ0) is 40.7. The van der Waals surface area contributed by atoms with Gasteiger partial charge in [-0.25, -0.2) is 15.0 Å². The predicted molar refractivity (Wildman–Crippen MR) is 259 cm³/mol. The fourth-order valence-electron chi connectivity index (χ4n) is 8.65. The standard InChI is InChI=1S/C55H40N4S/c1-5-9-21-35(8-4)53-56-54(37(19-6-2)20-7-3)58-55(57-53)38-30-32-39(33-31-38)59-50-43-27-16-14-25-41(43)40-24-13-15-26-42(40)48(50)46-34-45(36-22-11-10-12-23-36)49-44-28-17-18-29-47(44)60-52(49)51(46)59/h5-34H,1-2H2,3-4H3/b20-7-,21-9-,35-8+,37-19+. The van der Waals surface area contributed by atoms with Crippen molar-refractivity contribution < 1.29 is 0 Å². The summed E-state index contributed by atoms with van der Waals surface area (Å²) in [5, 5.41) is 9.98. The first kappa shape index (κ1) is 36.8. The molecule has 4 nitrogen and oxygen atoms in total. The zero-order valence-corrected chi connectivity index (χ0v) is 34.2. The van der Waals surface area contributed by atoms with Crippen LogP contribution >= 0.6 is 11.3 Å². The Labute approximate surface area is 352 Å². The molecule has 0 aliphatic carbocycles. The Morgan fingerprint density at radius 1 is 0.567 bits per heavy atom. The molecular formula is C55H40N4S. The number of fused-ring (bicyclic) bond motifs is 12. The van der Waals surface area contributed by atoms with E-state index in [4.69, 9.17) is 15.0 Å². The van der Waals surface area contributed by atoms with E-state index < -0.39 is 0 Å². The van der Waals surface area contributed by atoms with Crippen molar-refractivity contribution in [1.29, 1.82) is 0 Å². The van der Waals surface area contributed by atoms with Crippen LogP contribution in [0.4, 0.5) is 0 Å². The van der Waals surface area contributed by atoms with Crippen LogP contribution in [0, 0.1) is 0 Å². The van der Waals surface area contributed by atoms with E-state index in [2.05, 4.69) is 151 Å². The van der Waals surface area contributed by atoms with E-state index >= 15 is 0 Å². The highest BCUT2D eigenvalue weighted by molar-refractivity contribution is 7.26. The second kappa shape index (κ2) is 15.4. The molecule has 0 atom stereocenters. The number of nitrogens with zero attached hydrogens (tertiary/aromatic N) is 4. The molecule has 0 aliphatic heterocycles. The number of allylic oxidation sites excluding steroid dienone is 10. The summed E-state index contributed by atoms with van der Waals surface area (Å²) in [6.07, 6.45) is 15.3. The van der Waals surface area contributed by atoms with Crippen LogP contribution in [-0.2, 0) is 0 Å². The summed E-state index contributed by atoms with van der Waals surface area (Å²) < 4.78 is 5.05. The van der Waals surface area contributed by atoms with Crippen LogP contribution in [0.15, 0.2) is 195 Å². The van der Waals surface area contributed by atoms with Crippen LogP contribution in [0.3, 0.4) is 0 Å². The summed E-state index contributed by atoms with van der Waals surface area (Å²) >= 11 is 1.88. The molecule has 0 N–H and O–H groups in total. The van der Waals surface area contributed by atoms with Crippen LogP contribution in [-0.4, -0.2) is 19.5 Å². The van der Waals surface area contributed by atoms with Crippen molar-refractivity contribution in [3.05, 3.63) is 207 Å². The van der Waals surface area contributed by atoms with Crippen LogP contribution in [0.1, 0.15) is 25.5 Å². The van der Waals surface area contributed by atoms with Crippen LogP contribution in [0.25, 0.3) is 103 Å². The Morgan fingerprint density at radius 2 is 1.22 bits per heavy atom. The molecule has 7 aromatic carbocycles. The molecule has 5 heteroatoms. The van der Waals surface area contributed by atoms with Crippen molar-refractivity contribution in [3.8, 4) is 28.2 Å². The molecule has 0 spiro atoms. The number of hydrogen-bond donors (Lipinski definition) is 0. The minimum atomic E-state index is 0.575. The molecule has 286 valence electrons. The molecule has 0 amide bonds. The zero-order valence-electron chi connectivity index (χ0n) is 33.4. The normalized spacial score (nSPS) is 12.7. The molecule has 0 radical (unpaired) electrons. The Morgan fingerprint density at radius 3 is 1.92 bits per heavy atom. The number of rotatable bonds is 9. The van der Waals surface area contributed by atoms with Gasteiger partial charge in [0.25, 0.3) is 0 Å². The van der Waals surface area contributed by atoms with Gasteiger partial charge in [0.2, 0.25) is 0 Å². The van der Waals surface area contributed by atoms with E-state index in [0.29, 0.717) is 17.5 Å². The van der Waals surface area contributed by atoms with Crippen molar-refractivity contribution >= 4 is 86.0 Å². The second-order valence-corrected chi connectivity index (χ2v) is 15.7. The minimum absolute atomic E-state index is 0.575. The van der Waals surface area contributed by atoms with Gasteiger partial charge in [-0.2, -0.15) is 0 Å². The molecule has 3 aromatic heterocycles. The van der Waals surface area contributed by atoms with Gasteiger partial charge < -0.3 is 4.57 Å². The van der Waals surface area contributed by atoms with E-state index in [1.165, 1.54) is 74.6 Å². The maximum Gasteiger partial charge on any atom is 0.164 e. The summed E-state index contributed by atoms with van der Waals surface area (Å²) in [7, 11) is 0. The lowest BCUT2D eigenvalue weighted by Gasteiger charge is -2.14. The van der Waals surface area contributed by atoms with Gasteiger partial charge in [0.05, 0.1) is 15.7 Å². The largest absolute Gasteiger partial charge is 0.307 e. The Balaban J connectivity index is 1.30. The predicted octanol–water partition coefficient (Wildman–Crippen LogP) is 15.3. The van der Waals surface area contributed by atoms with Crippen molar-refractivity contribution in [2.24, 2.45) is 0 Å². The molecule has 10 rings (SSSR count). The number of benzene rings is 7. The third-order valence-electron chi connectivity index (χ3n) is 11.2. The van der Waals surface area contributed by atoms with Crippen molar-refractivity contribution in [2.75, 3.05) is 0 Å². The lowest BCUT2D eigenvalue weighted by Crippen LogP contribution is -2.04. The van der Waals surface area contributed by atoms with Crippen molar-refractivity contribution in [3.63, 3.8) is 0 Å². The van der Waals surface area contributed by atoms with E-state index in [0.717, 1.165) is 22.4 Å². The highest BCUT2D eigenvalue weighted by atomic mass is 32.1. The summed E-state index contributed by atoms with van der Waals surface area (Å²) in [6.45, 7) is 11.8. The fraction of sp³-hybridized carbons (Fsp3) is 0.0364. The maximum atomic E-state index is 5.04. The lowest BCUT2D eigenvalue weighted by atomic mass is 9.94. The molecule has 0 bridgehead atoms. The van der Waals surface area contributed by atoms with Gasteiger partial charge in [0.15, 0.2) is 17.5 Å². The molecule has 0 saturated carbocycles. The van der Waals surface area contributed by atoms with Gasteiger partial charge in [-0.1, -0.05) is 159 Å². The summed E-state index contributed by atoms with van der Waals surface area (Å²) in [5.41, 5.74) is 8.53. The molecule has 0 aliphatic rings. The second-order valence-electron chi connectivity index (χ2n) is 14.7. The molecule has 3 heterocycles. The Kier molecular flexibility index (Phi) is 9.44. The van der Waals surface area contributed by atoms with Crippen LogP contribution in [0.5, 0.6) is 0 Å². The number of aromatic nitrogens is 4. The smallest absolute Gasteiger partial charge is 0.164 e. The van der Waals surface area contributed by atoms with E-state index in [1.807, 2.05) is 61.6 Å². The molecule has 0 saturated heterocycles. The highest BCUT2D eigenvalue weighted by Gasteiger charge is 2.25. The summed E-state index contributed by atoms with van der Waals surface area (Å²) in [4.78, 5) is 15.0. The first-order valence-corrected chi connectivity index (χ1v) is 21.0. The Bertz CT molecular complexity index is 3470. The van der Waals surface area contributed by atoms with E-state index in [-0.39, 0.29) is 0 Å². The molecule has 10 aromatic rings. The third kappa shape index (κ3) is 6.02. The monoisotopic (exact) mass is 788 g/mol. The van der Waals surface area contributed by atoms with E-state index in [1.54, 1.807) is 12.2 Å². The average molecular weight is 789 g/mol. The van der Waals surface area contributed by atoms with Crippen molar-refractivity contribution in [2.45, 2.75) is 13.8 Å². The Hall–Kier alpha value is -7.47. The van der Waals surface area contributed by atoms with Gasteiger partial charge in [-0.3, -0.25) is 0 Å². The molecule has 60 heavy (non-hydrogen) atoms. The SMILES string of the molecule is C=C/C=C\C(=C/C)c1nc(C(/C=C\C)=C/C=C)nc(-c2ccc(-n3c4c(cc(-c5ccccc5)c5c6ccccc6sc54)c4c5ccccc5c5ccccc5c43)cc2)n1. The van der Waals surface area contributed by atoms with Gasteiger partial charge in [0.1, 0.15) is 0 Å². The number of thiophene rings is 1. The highest BCUT2D eigenvalue weighted by Crippen LogP contribution is 2.50. The fourth-order valence-corrected chi connectivity index (χ4v) is 9.91. The summed E-state index contributed by atoms with van der Waals surface area (Å²) in [5.74, 6) is 1.75. The quantitative estimate of drug-likeness (QED) is 0.108. The molecular weight excluding hydrogens is 749 g/mol.